The Balaban J connectivity index is 3.91. The van der Waals surface area contributed by atoms with Crippen molar-refractivity contribution < 1.29 is 8.76 Å². The number of rotatable bonds is 2. The Morgan fingerprint density at radius 2 is 2.25 bits per heavy atom. The van der Waals surface area contributed by atoms with Crippen molar-refractivity contribution in [2.45, 2.75) is 11.2 Å². The molecule has 0 rings (SSSR count). The van der Waals surface area contributed by atoms with Crippen LogP contribution in [-0.4, -0.2) is 13.5 Å². The summed E-state index contributed by atoms with van der Waals surface area (Å²) in [5, 5.41) is 0. The van der Waals surface area contributed by atoms with E-state index in [9.17, 15) is 8.76 Å². The highest BCUT2D eigenvalue weighted by Gasteiger charge is 2.19. The first-order valence-electron chi connectivity index (χ1n) is 2.10. The van der Waals surface area contributed by atoms with Crippen molar-refractivity contribution in [2.75, 3.05) is 0 Å². The number of hydrogen-bond acceptors (Lipinski definition) is 2. The van der Waals surface area contributed by atoms with Crippen LogP contribution in [0.15, 0.2) is 0 Å². The van der Waals surface area contributed by atoms with E-state index in [1.807, 2.05) is 0 Å². The molecule has 0 aromatic heterocycles. The van der Waals surface area contributed by atoms with Gasteiger partial charge in [-0.2, -0.15) is 0 Å². The van der Waals surface area contributed by atoms with E-state index in [4.69, 9.17) is 0 Å². The minimum absolute atomic E-state index is 0.198. The van der Waals surface area contributed by atoms with E-state index in [1.54, 1.807) is 0 Å². The topological polar surface area (TPSA) is 40.1 Å². The smallest absolute Gasteiger partial charge is 0.112 e. The lowest BCUT2D eigenvalue weighted by molar-refractivity contribution is 0.515. The highest BCUT2D eigenvalue weighted by atomic mass is 32.2. The average molecular weight is 132 g/mol. The summed E-state index contributed by atoms with van der Waals surface area (Å²) in [6, 6.07) is 0. The summed E-state index contributed by atoms with van der Waals surface area (Å²) in [6.45, 7) is 9.96. The zero-order valence-corrected chi connectivity index (χ0v) is 5.37. The van der Waals surface area contributed by atoms with Gasteiger partial charge in [0, 0.05) is 0 Å². The first-order chi connectivity index (χ1) is 3.50. The molecule has 3 heteroatoms. The summed E-state index contributed by atoms with van der Waals surface area (Å²) >= 11 is -2.21. The van der Waals surface area contributed by atoms with Crippen molar-refractivity contribution in [3.63, 3.8) is 0 Å². The standard InChI is InChI=1S/C5H8O2S/c1-4-5(2,3)8(6)7/h1-4H2. The highest BCUT2D eigenvalue weighted by Crippen LogP contribution is 2.12. The maximum absolute atomic E-state index is 10.1. The van der Waals surface area contributed by atoms with Crippen LogP contribution in [0, 0.1) is 20.8 Å². The molecule has 0 bridgehead atoms. The maximum atomic E-state index is 10.1. The molecule has 0 aliphatic carbocycles. The van der Waals surface area contributed by atoms with Gasteiger partial charge in [0.15, 0.2) is 0 Å². The van der Waals surface area contributed by atoms with E-state index in [0.717, 1.165) is 0 Å². The first kappa shape index (κ1) is 7.85. The highest BCUT2D eigenvalue weighted by molar-refractivity contribution is 7.80. The number of hydrogen-bond donors (Lipinski definition) is 0. The zero-order chi connectivity index (χ0) is 6.78. The van der Waals surface area contributed by atoms with Crippen LogP contribution in [0.3, 0.4) is 0 Å². The molecule has 46 valence electrons. The molecule has 1 atom stereocenters. The average Bonchev–Trinajstić information content (AvgIpc) is 1.67. The second kappa shape index (κ2) is 2.42. The van der Waals surface area contributed by atoms with Crippen molar-refractivity contribution in [3.05, 3.63) is 20.8 Å². The predicted octanol–water partition coefficient (Wildman–Crippen LogP) is 0.497. The molecule has 0 aliphatic rings. The zero-order valence-electron chi connectivity index (χ0n) is 4.55. The van der Waals surface area contributed by atoms with Gasteiger partial charge in [0.1, 0.15) is 6.42 Å². The predicted molar refractivity (Wildman–Crippen MR) is 32.3 cm³/mol. The van der Waals surface area contributed by atoms with Crippen LogP contribution in [0.25, 0.3) is 0 Å². The molecule has 0 fully saturated rings. The SMILES string of the molecule is [CH2+]CC([CH2+])([CH2-])S(=O)[O-]. The molecule has 0 spiro atoms. The van der Waals surface area contributed by atoms with E-state index >= 15 is 0 Å². The van der Waals surface area contributed by atoms with E-state index in [1.165, 1.54) is 0 Å². The van der Waals surface area contributed by atoms with Crippen molar-refractivity contribution in [1.29, 1.82) is 0 Å². The van der Waals surface area contributed by atoms with E-state index in [-0.39, 0.29) is 6.42 Å². The monoisotopic (exact) mass is 132 g/mol. The van der Waals surface area contributed by atoms with E-state index in [2.05, 4.69) is 20.8 Å². The van der Waals surface area contributed by atoms with Gasteiger partial charge in [-0.15, -0.1) is 0 Å². The minimum Gasteiger partial charge on any atom is -0.771 e. The van der Waals surface area contributed by atoms with Crippen LogP contribution in [0.2, 0.25) is 0 Å². The van der Waals surface area contributed by atoms with Gasteiger partial charge in [0.2, 0.25) is 0 Å². The van der Waals surface area contributed by atoms with Gasteiger partial charge in [0.05, 0.1) is 18.6 Å². The van der Waals surface area contributed by atoms with Crippen LogP contribution in [-0.2, 0) is 11.1 Å². The molecule has 0 aromatic rings. The van der Waals surface area contributed by atoms with Crippen molar-refractivity contribution in [3.8, 4) is 0 Å². The third-order valence-corrected chi connectivity index (χ3v) is 1.72. The van der Waals surface area contributed by atoms with Crippen molar-refractivity contribution >= 4 is 11.1 Å². The summed E-state index contributed by atoms with van der Waals surface area (Å²) < 4.78 is 19.0. The summed E-state index contributed by atoms with van der Waals surface area (Å²) in [4.78, 5) is 0. The second-order valence-corrected chi connectivity index (χ2v) is 3.00. The Labute approximate surface area is 52.6 Å². The molecule has 0 radical (unpaired) electrons. The Bertz CT molecular complexity index is 98.6. The largest absolute Gasteiger partial charge is 0.771 e. The molecule has 0 saturated heterocycles. The van der Waals surface area contributed by atoms with E-state index < -0.39 is 15.8 Å². The Morgan fingerprint density at radius 1 is 1.88 bits per heavy atom. The van der Waals surface area contributed by atoms with Crippen LogP contribution in [0.4, 0.5) is 0 Å². The van der Waals surface area contributed by atoms with Gasteiger partial charge in [-0.05, 0) is 11.1 Å². The Morgan fingerprint density at radius 3 is 2.25 bits per heavy atom. The Hall–Kier alpha value is -0.150. The van der Waals surface area contributed by atoms with Crippen molar-refractivity contribution in [2.24, 2.45) is 0 Å². The molecule has 1 unspecified atom stereocenters. The second-order valence-electron chi connectivity index (χ2n) is 1.67. The third-order valence-electron chi connectivity index (χ3n) is 0.809. The maximum Gasteiger partial charge on any atom is 0.112 e. The summed E-state index contributed by atoms with van der Waals surface area (Å²) in [7, 11) is 0. The summed E-state index contributed by atoms with van der Waals surface area (Å²) in [6.07, 6.45) is 0.198. The van der Waals surface area contributed by atoms with Crippen LogP contribution >= 0.6 is 0 Å². The molecule has 0 aromatic carbocycles. The lowest BCUT2D eigenvalue weighted by atomic mass is 10.1. The van der Waals surface area contributed by atoms with Crippen LogP contribution < -0.4 is 0 Å². The molecule has 0 aliphatic heterocycles. The summed E-state index contributed by atoms with van der Waals surface area (Å²) in [5.41, 5.74) is 0. The Kier molecular flexibility index (Phi) is 2.37. The molecule has 0 saturated carbocycles. The van der Waals surface area contributed by atoms with Gasteiger partial charge >= 0.3 is 0 Å². The van der Waals surface area contributed by atoms with Gasteiger partial charge < -0.3 is 4.55 Å². The fourth-order valence-electron chi connectivity index (χ4n) is 0.0833. The molecule has 0 N–H and O–H groups in total. The van der Waals surface area contributed by atoms with Crippen molar-refractivity contribution in [1.82, 2.24) is 0 Å². The molecule has 0 heterocycles. The van der Waals surface area contributed by atoms with E-state index in [0.29, 0.717) is 0 Å². The summed E-state index contributed by atoms with van der Waals surface area (Å²) in [5.74, 6) is 0. The van der Waals surface area contributed by atoms with Crippen LogP contribution in [0.1, 0.15) is 6.42 Å². The minimum atomic E-state index is -2.21. The molecule has 2 nitrogen and oxygen atoms in total. The quantitative estimate of drug-likeness (QED) is 0.405. The fourth-order valence-corrected chi connectivity index (χ4v) is 0.250. The molecule has 8 heavy (non-hydrogen) atoms. The van der Waals surface area contributed by atoms with Gasteiger partial charge in [-0.25, -0.2) is 0 Å². The molecule has 0 amide bonds. The van der Waals surface area contributed by atoms with Gasteiger partial charge in [-0.1, -0.05) is 0 Å². The van der Waals surface area contributed by atoms with Crippen LogP contribution in [0.5, 0.6) is 0 Å². The van der Waals surface area contributed by atoms with Gasteiger partial charge in [-0.3, -0.25) is 11.1 Å². The lowest BCUT2D eigenvalue weighted by Gasteiger charge is -2.21. The normalized spacial score (nSPS) is 21.8. The first-order valence-corrected chi connectivity index (χ1v) is 3.17. The third kappa shape index (κ3) is 1.76. The molecular formula is C5H8O2S. The lowest BCUT2D eigenvalue weighted by Crippen LogP contribution is -2.25. The molecular weight excluding hydrogens is 124 g/mol. The fraction of sp³-hybridized carbons (Fsp3) is 0.400. The van der Waals surface area contributed by atoms with Gasteiger partial charge in [0.25, 0.3) is 0 Å².